The minimum atomic E-state index is 0.766. The van der Waals surface area contributed by atoms with E-state index in [1.54, 1.807) is 0 Å². The molecule has 2 rings (SSSR count). The number of hydrogen-bond acceptors (Lipinski definition) is 2. The Kier molecular flexibility index (Phi) is 5.45. The van der Waals surface area contributed by atoms with Gasteiger partial charge in [0, 0.05) is 17.3 Å². The van der Waals surface area contributed by atoms with Gasteiger partial charge >= 0.3 is 0 Å². The largest absolute Gasteiger partial charge is 0.399 e. The van der Waals surface area contributed by atoms with E-state index < -0.39 is 0 Å². The highest BCUT2D eigenvalue weighted by Crippen LogP contribution is 2.20. The van der Waals surface area contributed by atoms with Gasteiger partial charge in [-0.2, -0.15) is 0 Å². The van der Waals surface area contributed by atoms with Crippen LogP contribution < -0.4 is 5.73 Å². The molecule has 3 heteroatoms. The van der Waals surface area contributed by atoms with E-state index in [-0.39, 0.29) is 0 Å². The van der Waals surface area contributed by atoms with Crippen LogP contribution in [0.5, 0.6) is 0 Å². The summed E-state index contributed by atoms with van der Waals surface area (Å²) in [5.41, 5.74) is 9.05. The molecule has 0 amide bonds. The summed E-state index contributed by atoms with van der Waals surface area (Å²) in [6, 6.07) is 16.2. The van der Waals surface area contributed by atoms with Gasteiger partial charge in [0.05, 0.1) is 0 Å². The zero-order valence-corrected chi connectivity index (χ0v) is 12.6. The molecule has 106 valence electrons. The first-order chi connectivity index (χ1) is 9.65. The van der Waals surface area contributed by atoms with Gasteiger partial charge in [0.1, 0.15) is 0 Å². The molecule has 0 aliphatic rings. The maximum atomic E-state index is 6.19. The molecule has 0 fully saturated rings. The second kappa shape index (κ2) is 7.32. The van der Waals surface area contributed by atoms with Crippen molar-refractivity contribution in [3.8, 4) is 0 Å². The molecule has 0 saturated carbocycles. The third-order valence-electron chi connectivity index (χ3n) is 3.36. The SMILES string of the molecule is CN(CCCc1ccccc1)Cc1cc(N)ccc1Cl. The van der Waals surface area contributed by atoms with Gasteiger partial charge in [-0.1, -0.05) is 41.9 Å². The van der Waals surface area contributed by atoms with Crippen LogP contribution in [-0.4, -0.2) is 18.5 Å². The van der Waals surface area contributed by atoms with E-state index in [9.17, 15) is 0 Å². The topological polar surface area (TPSA) is 29.3 Å². The van der Waals surface area contributed by atoms with Gasteiger partial charge in [0.2, 0.25) is 0 Å². The van der Waals surface area contributed by atoms with E-state index in [1.807, 2.05) is 18.2 Å². The Balaban J connectivity index is 1.80. The summed E-state index contributed by atoms with van der Waals surface area (Å²) in [4.78, 5) is 2.28. The summed E-state index contributed by atoms with van der Waals surface area (Å²) < 4.78 is 0. The number of anilines is 1. The molecule has 0 bridgehead atoms. The average molecular weight is 289 g/mol. The molecule has 0 aliphatic carbocycles. The van der Waals surface area contributed by atoms with Crippen LogP contribution in [0.15, 0.2) is 48.5 Å². The number of nitrogen functional groups attached to an aromatic ring is 1. The second-order valence-electron chi connectivity index (χ2n) is 5.18. The second-order valence-corrected chi connectivity index (χ2v) is 5.58. The molecule has 0 spiro atoms. The Morgan fingerprint density at radius 3 is 2.60 bits per heavy atom. The number of hydrogen-bond donors (Lipinski definition) is 1. The Morgan fingerprint density at radius 2 is 1.85 bits per heavy atom. The number of benzene rings is 2. The van der Waals surface area contributed by atoms with Crippen molar-refractivity contribution in [2.45, 2.75) is 19.4 Å². The lowest BCUT2D eigenvalue weighted by molar-refractivity contribution is 0.322. The molecule has 0 atom stereocenters. The molecule has 0 heterocycles. The predicted octanol–water partition coefficient (Wildman–Crippen LogP) is 3.99. The van der Waals surface area contributed by atoms with Crippen molar-refractivity contribution < 1.29 is 0 Å². The number of nitrogens with zero attached hydrogens (tertiary/aromatic N) is 1. The maximum absolute atomic E-state index is 6.19. The Bertz CT molecular complexity index is 540. The molecule has 2 N–H and O–H groups in total. The van der Waals surface area contributed by atoms with Crippen molar-refractivity contribution in [2.75, 3.05) is 19.3 Å². The summed E-state index contributed by atoms with van der Waals surface area (Å²) in [6.45, 7) is 1.87. The van der Waals surface area contributed by atoms with Crippen molar-refractivity contribution in [1.82, 2.24) is 4.90 Å². The zero-order chi connectivity index (χ0) is 14.4. The number of aryl methyl sites for hydroxylation is 1. The van der Waals surface area contributed by atoms with Gasteiger partial charge in [0.25, 0.3) is 0 Å². The maximum Gasteiger partial charge on any atom is 0.0452 e. The van der Waals surface area contributed by atoms with Crippen molar-refractivity contribution >= 4 is 17.3 Å². The summed E-state index contributed by atoms with van der Waals surface area (Å²) in [6.07, 6.45) is 2.25. The van der Waals surface area contributed by atoms with E-state index in [4.69, 9.17) is 17.3 Å². The lowest BCUT2D eigenvalue weighted by atomic mass is 10.1. The molecule has 0 saturated heterocycles. The van der Waals surface area contributed by atoms with Crippen LogP contribution in [-0.2, 0) is 13.0 Å². The number of rotatable bonds is 6. The predicted molar refractivity (Wildman–Crippen MR) is 87.0 cm³/mol. The van der Waals surface area contributed by atoms with Crippen molar-refractivity contribution in [1.29, 1.82) is 0 Å². The van der Waals surface area contributed by atoms with Gasteiger partial charge in [-0.15, -0.1) is 0 Å². The third-order valence-corrected chi connectivity index (χ3v) is 3.73. The van der Waals surface area contributed by atoms with E-state index in [2.05, 4.69) is 42.3 Å². The molecule has 2 aromatic rings. The standard InChI is InChI=1S/C17H21ClN2/c1-20(11-5-8-14-6-3-2-4-7-14)13-15-12-16(19)9-10-17(15)18/h2-4,6-7,9-10,12H,5,8,11,13,19H2,1H3. The fraction of sp³-hybridized carbons (Fsp3) is 0.294. The van der Waals surface area contributed by atoms with Gasteiger partial charge in [-0.25, -0.2) is 0 Å². The summed E-state index contributed by atoms with van der Waals surface area (Å²) >= 11 is 6.19. The fourth-order valence-corrected chi connectivity index (χ4v) is 2.46. The third kappa shape index (κ3) is 4.55. The molecule has 0 radical (unpaired) electrons. The van der Waals surface area contributed by atoms with Crippen LogP contribution in [0.2, 0.25) is 5.02 Å². The first-order valence-corrected chi connectivity index (χ1v) is 7.29. The van der Waals surface area contributed by atoms with E-state index >= 15 is 0 Å². The van der Waals surface area contributed by atoms with Crippen LogP contribution >= 0.6 is 11.6 Å². The summed E-state index contributed by atoms with van der Waals surface area (Å²) in [5, 5.41) is 0.786. The molecular weight excluding hydrogens is 268 g/mol. The zero-order valence-electron chi connectivity index (χ0n) is 11.8. The van der Waals surface area contributed by atoms with E-state index in [1.165, 1.54) is 5.56 Å². The first-order valence-electron chi connectivity index (χ1n) is 6.91. The molecule has 2 nitrogen and oxygen atoms in total. The molecule has 0 aliphatic heterocycles. The van der Waals surface area contributed by atoms with Gasteiger partial charge < -0.3 is 10.6 Å². The van der Waals surface area contributed by atoms with E-state index in [0.717, 1.165) is 42.2 Å². The van der Waals surface area contributed by atoms with Crippen molar-refractivity contribution in [2.24, 2.45) is 0 Å². The Labute approximate surface area is 126 Å². The highest BCUT2D eigenvalue weighted by Gasteiger charge is 2.05. The molecule has 0 aromatic heterocycles. The van der Waals surface area contributed by atoms with Crippen molar-refractivity contribution in [3.05, 3.63) is 64.7 Å². The Hall–Kier alpha value is -1.51. The lowest BCUT2D eigenvalue weighted by Crippen LogP contribution is -2.19. The van der Waals surface area contributed by atoms with Crippen LogP contribution in [0.3, 0.4) is 0 Å². The lowest BCUT2D eigenvalue weighted by Gasteiger charge is -2.17. The van der Waals surface area contributed by atoms with Gasteiger partial charge in [0.15, 0.2) is 0 Å². The number of halogens is 1. The quantitative estimate of drug-likeness (QED) is 0.815. The number of nitrogens with two attached hydrogens (primary N) is 1. The van der Waals surface area contributed by atoms with Crippen LogP contribution in [0.4, 0.5) is 5.69 Å². The first kappa shape index (κ1) is 14.9. The van der Waals surface area contributed by atoms with E-state index in [0.29, 0.717) is 0 Å². The molecule has 2 aromatic carbocycles. The minimum absolute atomic E-state index is 0.766. The van der Waals surface area contributed by atoms with Crippen LogP contribution in [0, 0.1) is 0 Å². The minimum Gasteiger partial charge on any atom is -0.399 e. The monoisotopic (exact) mass is 288 g/mol. The molecule has 20 heavy (non-hydrogen) atoms. The summed E-state index contributed by atoms with van der Waals surface area (Å²) in [5.74, 6) is 0. The molecular formula is C17H21ClN2. The van der Waals surface area contributed by atoms with Crippen LogP contribution in [0.1, 0.15) is 17.5 Å². The fourth-order valence-electron chi connectivity index (χ4n) is 2.28. The van der Waals surface area contributed by atoms with Gasteiger partial charge in [-0.05, 0) is 55.8 Å². The summed E-state index contributed by atoms with van der Waals surface area (Å²) in [7, 11) is 2.12. The highest BCUT2D eigenvalue weighted by molar-refractivity contribution is 6.31. The van der Waals surface area contributed by atoms with Crippen LogP contribution in [0.25, 0.3) is 0 Å². The Morgan fingerprint density at radius 1 is 1.10 bits per heavy atom. The van der Waals surface area contributed by atoms with Gasteiger partial charge in [-0.3, -0.25) is 0 Å². The van der Waals surface area contributed by atoms with Crippen molar-refractivity contribution in [3.63, 3.8) is 0 Å². The normalized spacial score (nSPS) is 10.9. The highest BCUT2D eigenvalue weighted by atomic mass is 35.5. The smallest absolute Gasteiger partial charge is 0.0452 e. The molecule has 0 unspecified atom stereocenters. The average Bonchev–Trinajstić information content (AvgIpc) is 2.44.